The van der Waals surface area contributed by atoms with E-state index in [0.717, 1.165) is 0 Å². The third kappa shape index (κ3) is 5.04. The molecular formula is C19H14N4O7. The third-order valence-electron chi connectivity index (χ3n) is 3.79. The van der Waals surface area contributed by atoms with E-state index in [1.807, 2.05) is 0 Å². The van der Waals surface area contributed by atoms with Crippen molar-refractivity contribution >= 4 is 23.5 Å². The molecule has 1 amide bonds. The van der Waals surface area contributed by atoms with Gasteiger partial charge in [0.2, 0.25) is 0 Å². The highest BCUT2D eigenvalue weighted by atomic mass is 16.6. The Kier molecular flexibility index (Phi) is 6.13. The minimum atomic E-state index is -0.619. The van der Waals surface area contributed by atoms with Crippen LogP contribution in [0, 0.1) is 20.2 Å². The van der Waals surface area contributed by atoms with Crippen LogP contribution >= 0.6 is 0 Å². The van der Waals surface area contributed by atoms with Crippen molar-refractivity contribution in [1.29, 1.82) is 0 Å². The van der Waals surface area contributed by atoms with Crippen LogP contribution in [0.5, 0.6) is 5.75 Å². The zero-order valence-electron chi connectivity index (χ0n) is 15.3. The minimum absolute atomic E-state index is 0.0274. The molecule has 0 aliphatic rings. The van der Waals surface area contributed by atoms with Gasteiger partial charge in [0.05, 0.1) is 16.1 Å². The molecule has 152 valence electrons. The molecule has 1 aromatic heterocycles. The van der Waals surface area contributed by atoms with Gasteiger partial charge in [-0.2, -0.15) is 5.10 Å². The number of nitro groups is 2. The Morgan fingerprint density at radius 3 is 2.47 bits per heavy atom. The number of carbonyl (C=O) groups is 1. The van der Waals surface area contributed by atoms with E-state index in [0.29, 0.717) is 17.1 Å². The molecule has 0 saturated carbocycles. The van der Waals surface area contributed by atoms with Gasteiger partial charge in [0.25, 0.3) is 11.6 Å². The number of benzene rings is 2. The monoisotopic (exact) mass is 410 g/mol. The number of nitro benzene ring substituents is 2. The summed E-state index contributed by atoms with van der Waals surface area (Å²) in [5.41, 5.74) is 2.58. The van der Waals surface area contributed by atoms with Crippen molar-refractivity contribution in [2.45, 2.75) is 0 Å². The van der Waals surface area contributed by atoms with Crippen LogP contribution in [0.25, 0.3) is 11.3 Å². The van der Waals surface area contributed by atoms with E-state index in [2.05, 4.69) is 10.5 Å². The van der Waals surface area contributed by atoms with E-state index in [9.17, 15) is 25.0 Å². The number of nitrogens with one attached hydrogen (secondary N) is 1. The van der Waals surface area contributed by atoms with Crippen molar-refractivity contribution in [3.63, 3.8) is 0 Å². The molecule has 0 saturated heterocycles. The molecule has 0 spiro atoms. The number of amides is 1. The maximum atomic E-state index is 11.8. The predicted octanol–water partition coefficient (Wildman–Crippen LogP) is 3.29. The van der Waals surface area contributed by atoms with Gasteiger partial charge in [0.1, 0.15) is 11.5 Å². The van der Waals surface area contributed by atoms with Gasteiger partial charge in [0.15, 0.2) is 12.4 Å². The molecule has 0 fully saturated rings. The van der Waals surface area contributed by atoms with E-state index in [-0.39, 0.29) is 17.1 Å². The molecule has 0 aliphatic carbocycles. The first-order chi connectivity index (χ1) is 14.4. The van der Waals surface area contributed by atoms with Gasteiger partial charge in [-0.15, -0.1) is 0 Å². The highest BCUT2D eigenvalue weighted by molar-refractivity contribution is 5.81. The summed E-state index contributed by atoms with van der Waals surface area (Å²) in [4.78, 5) is 32.3. The quantitative estimate of drug-likeness (QED) is 0.340. The lowest BCUT2D eigenvalue weighted by molar-refractivity contribution is -0.385. The van der Waals surface area contributed by atoms with Gasteiger partial charge in [-0.3, -0.25) is 25.0 Å². The zero-order valence-corrected chi connectivity index (χ0v) is 15.3. The van der Waals surface area contributed by atoms with Crippen molar-refractivity contribution in [2.75, 3.05) is 6.61 Å². The normalized spacial score (nSPS) is 10.7. The van der Waals surface area contributed by atoms with Gasteiger partial charge in [0, 0.05) is 23.8 Å². The number of furan rings is 1. The summed E-state index contributed by atoms with van der Waals surface area (Å²) in [6, 6.07) is 14.8. The first-order valence-electron chi connectivity index (χ1n) is 8.47. The van der Waals surface area contributed by atoms with E-state index in [4.69, 9.17) is 9.15 Å². The van der Waals surface area contributed by atoms with Crippen molar-refractivity contribution in [3.8, 4) is 17.1 Å². The smallest absolute Gasteiger partial charge is 0.310 e. The van der Waals surface area contributed by atoms with Crippen LogP contribution in [-0.2, 0) is 4.79 Å². The largest absolute Gasteiger partial charge is 0.477 e. The number of rotatable bonds is 8. The fourth-order valence-electron chi connectivity index (χ4n) is 2.40. The molecule has 0 atom stereocenters. The van der Waals surface area contributed by atoms with Crippen LogP contribution in [-0.4, -0.2) is 28.6 Å². The maximum Gasteiger partial charge on any atom is 0.310 e. The predicted molar refractivity (Wildman–Crippen MR) is 105 cm³/mol. The topological polar surface area (TPSA) is 150 Å². The van der Waals surface area contributed by atoms with Crippen LogP contribution in [0.15, 0.2) is 70.2 Å². The number of non-ortho nitro benzene ring substituents is 1. The molecule has 11 nitrogen and oxygen atoms in total. The van der Waals surface area contributed by atoms with Crippen LogP contribution in [0.1, 0.15) is 5.76 Å². The summed E-state index contributed by atoms with van der Waals surface area (Å²) in [5.74, 6) is 0.160. The van der Waals surface area contributed by atoms with Gasteiger partial charge in [-0.1, -0.05) is 12.1 Å². The summed E-state index contributed by atoms with van der Waals surface area (Å²) < 4.78 is 10.7. The Morgan fingerprint density at radius 1 is 1.03 bits per heavy atom. The molecule has 3 aromatic rings. The molecule has 30 heavy (non-hydrogen) atoms. The highest BCUT2D eigenvalue weighted by Gasteiger charge is 2.14. The Bertz CT molecular complexity index is 1110. The molecule has 0 unspecified atom stereocenters. The van der Waals surface area contributed by atoms with Crippen molar-refractivity contribution < 1.29 is 23.8 Å². The van der Waals surface area contributed by atoms with E-state index < -0.39 is 22.4 Å². The number of hydrogen-bond donors (Lipinski definition) is 1. The third-order valence-corrected chi connectivity index (χ3v) is 3.79. The number of hydrazone groups is 1. The summed E-state index contributed by atoms with van der Waals surface area (Å²) in [6.07, 6.45) is 1.26. The zero-order chi connectivity index (χ0) is 21.5. The van der Waals surface area contributed by atoms with E-state index >= 15 is 0 Å². The second-order valence-electron chi connectivity index (χ2n) is 5.81. The standard InChI is InChI=1S/C19H14N4O7/c24-19(12-29-18-4-2-1-3-16(18)23(27)28)21-20-11-15-9-10-17(30-15)13-5-7-14(8-6-13)22(25)26/h1-11H,12H2,(H,21,24)/b20-11-. The molecule has 2 aromatic carbocycles. The van der Waals surface area contributed by atoms with Crippen LogP contribution in [0.3, 0.4) is 0 Å². The number of ether oxygens (including phenoxy) is 1. The number of carbonyl (C=O) groups excluding carboxylic acids is 1. The summed E-state index contributed by atoms with van der Waals surface area (Å²) >= 11 is 0. The molecule has 0 aliphatic heterocycles. The lowest BCUT2D eigenvalue weighted by Gasteiger charge is -2.05. The van der Waals surface area contributed by atoms with Crippen molar-refractivity contribution in [3.05, 3.63) is 86.7 Å². The Balaban J connectivity index is 1.54. The van der Waals surface area contributed by atoms with Crippen LogP contribution in [0.4, 0.5) is 11.4 Å². The van der Waals surface area contributed by atoms with Gasteiger partial charge >= 0.3 is 5.69 Å². The van der Waals surface area contributed by atoms with Gasteiger partial charge < -0.3 is 9.15 Å². The number of nitrogens with zero attached hydrogens (tertiary/aromatic N) is 3. The molecule has 1 N–H and O–H groups in total. The fraction of sp³-hybridized carbons (Fsp3) is 0.0526. The van der Waals surface area contributed by atoms with Gasteiger partial charge in [-0.25, -0.2) is 5.43 Å². The second kappa shape index (κ2) is 9.10. The fourth-order valence-corrected chi connectivity index (χ4v) is 2.40. The highest BCUT2D eigenvalue weighted by Crippen LogP contribution is 2.26. The summed E-state index contributed by atoms with van der Waals surface area (Å²) in [6.45, 7) is -0.464. The summed E-state index contributed by atoms with van der Waals surface area (Å²) in [7, 11) is 0. The molecule has 0 radical (unpaired) electrons. The SMILES string of the molecule is O=C(COc1ccccc1[N+](=O)[O-])N/N=C\c1ccc(-c2ccc([N+](=O)[O-])cc2)o1. The first kappa shape index (κ1) is 20.2. The number of hydrogen-bond acceptors (Lipinski definition) is 8. The van der Waals surface area contributed by atoms with Crippen molar-refractivity contribution in [1.82, 2.24) is 5.43 Å². The van der Waals surface area contributed by atoms with E-state index in [1.165, 1.54) is 36.5 Å². The second-order valence-corrected chi connectivity index (χ2v) is 5.81. The van der Waals surface area contributed by atoms with Crippen LogP contribution in [0.2, 0.25) is 0 Å². The van der Waals surface area contributed by atoms with Crippen LogP contribution < -0.4 is 10.2 Å². The number of para-hydroxylation sites is 2. The molecule has 0 bridgehead atoms. The molecule has 3 rings (SSSR count). The Hall–Kier alpha value is -4.54. The molecule has 1 heterocycles. The Labute approximate surface area is 168 Å². The average molecular weight is 410 g/mol. The minimum Gasteiger partial charge on any atom is -0.477 e. The van der Waals surface area contributed by atoms with E-state index in [1.54, 1.807) is 30.3 Å². The summed E-state index contributed by atoms with van der Waals surface area (Å²) in [5, 5.41) is 25.3. The molecular weight excluding hydrogens is 396 g/mol. The maximum absolute atomic E-state index is 11.8. The molecule has 11 heteroatoms. The Morgan fingerprint density at radius 2 is 1.77 bits per heavy atom. The lowest BCUT2D eigenvalue weighted by atomic mass is 10.1. The lowest BCUT2D eigenvalue weighted by Crippen LogP contribution is -2.24. The average Bonchev–Trinajstić information content (AvgIpc) is 3.21. The first-order valence-corrected chi connectivity index (χ1v) is 8.47. The van der Waals surface area contributed by atoms with Gasteiger partial charge in [-0.05, 0) is 30.3 Å². The van der Waals surface area contributed by atoms with Crippen molar-refractivity contribution in [2.24, 2.45) is 5.10 Å².